The number of hydrogen-bond acceptors (Lipinski definition) is 5. The summed E-state index contributed by atoms with van der Waals surface area (Å²) in [5, 5.41) is 3.05. The highest BCUT2D eigenvalue weighted by molar-refractivity contribution is 7.23. The molecule has 1 aliphatic heterocycles. The highest BCUT2D eigenvalue weighted by atomic mass is 32.1. The summed E-state index contributed by atoms with van der Waals surface area (Å²) in [5.74, 6) is 4.44. The number of benzene rings is 1. The van der Waals surface area contributed by atoms with Crippen LogP contribution in [0.1, 0.15) is 21.8 Å². The van der Waals surface area contributed by atoms with Crippen LogP contribution in [-0.4, -0.2) is 11.8 Å². The van der Waals surface area contributed by atoms with Crippen LogP contribution >= 0.6 is 11.3 Å². The molecule has 2 amide bonds. The fraction of sp³-hybridized carbons (Fsp3) is 0.0769. The van der Waals surface area contributed by atoms with Crippen LogP contribution in [-0.2, 0) is 4.79 Å². The van der Waals surface area contributed by atoms with E-state index in [1.54, 1.807) is 30.5 Å². The Balaban J connectivity index is 2.27. The second-order valence-electron chi connectivity index (χ2n) is 4.52. The maximum Gasteiger partial charge on any atom is 0.248 e. The number of nitrogens with two attached hydrogens (primary N) is 3. The lowest BCUT2D eigenvalue weighted by Crippen LogP contribution is -2.30. The van der Waals surface area contributed by atoms with Crippen molar-refractivity contribution in [3.8, 4) is 0 Å². The van der Waals surface area contributed by atoms with Crippen molar-refractivity contribution in [1.82, 2.24) is 0 Å². The molecule has 1 unspecified atom stereocenters. The number of carbonyl (C=O) groups excluding carboxylic acids is 2. The zero-order chi connectivity index (χ0) is 14.4. The van der Waals surface area contributed by atoms with Gasteiger partial charge in [0.15, 0.2) is 0 Å². The van der Waals surface area contributed by atoms with Gasteiger partial charge in [-0.25, -0.2) is 5.84 Å². The molecule has 0 saturated heterocycles. The SMILES string of the molecule is NC(=O)c1ccc2c3c(sc2c1)N(N)C=CC3C(N)=O. The smallest absolute Gasteiger partial charge is 0.248 e. The molecule has 1 aromatic heterocycles. The maximum atomic E-state index is 11.6. The van der Waals surface area contributed by atoms with Gasteiger partial charge in [0.2, 0.25) is 11.8 Å². The van der Waals surface area contributed by atoms with Gasteiger partial charge in [0.25, 0.3) is 0 Å². The molecule has 0 radical (unpaired) electrons. The number of fused-ring (bicyclic) bond motifs is 3. The number of amides is 2. The number of carbonyl (C=O) groups is 2. The molecule has 3 rings (SSSR count). The van der Waals surface area contributed by atoms with Crippen LogP contribution in [0.2, 0.25) is 0 Å². The Hall–Kier alpha value is -2.38. The fourth-order valence-electron chi connectivity index (χ4n) is 2.33. The van der Waals surface area contributed by atoms with Crippen LogP contribution in [0.15, 0.2) is 30.5 Å². The first-order valence-corrected chi connectivity index (χ1v) is 6.68. The van der Waals surface area contributed by atoms with Crippen molar-refractivity contribution in [3.63, 3.8) is 0 Å². The Bertz CT molecular complexity index is 765. The summed E-state index contributed by atoms with van der Waals surface area (Å²) in [6.45, 7) is 0. The second kappa shape index (κ2) is 4.32. The molecule has 0 fully saturated rings. The molecule has 0 aliphatic carbocycles. The van der Waals surface area contributed by atoms with Gasteiger partial charge in [-0.1, -0.05) is 6.07 Å². The van der Waals surface area contributed by atoms with Crippen LogP contribution in [0, 0.1) is 0 Å². The van der Waals surface area contributed by atoms with Gasteiger partial charge in [-0.15, -0.1) is 11.3 Å². The van der Waals surface area contributed by atoms with Gasteiger partial charge in [0, 0.05) is 22.0 Å². The van der Waals surface area contributed by atoms with Gasteiger partial charge >= 0.3 is 0 Å². The summed E-state index contributed by atoms with van der Waals surface area (Å²) in [6, 6.07) is 5.11. The Morgan fingerprint density at radius 3 is 2.65 bits per heavy atom. The summed E-state index contributed by atoms with van der Waals surface area (Å²) in [7, 11) is 0. The predicted octanol–water partition coefficient (Wildman–Crippen LogP) is 0.776. The zero-order valence-electron chi connectivity index (χ0n) is 10.4. The Morgan fingerprint density at radius 2 is 2.00 bits per heavy atom. The quantitative estimate of drug-likeness (QED) is 0.708. The van der Waals surface area contributed by atoms with Crippen LogP contribution in [0.5, 0.6) is 0 Å². The number of anilines is 1. The maximum absolute atomic E-state index is 11.6. The molecule has 1 aliphatic rings. The molecule has 1 aromatic carbocycles. The Morgan fingerprint density at radius 1 is 1.25 bits per heavy atom. The van der Waals surface area contributed by atoms with Gasteiger partial charge in [-0.3, -0.25) is 14.6 Å². The van der Waals surface area contributed by atoms with E-state index in [-0.39, 0.29) is 0 Å². The molecule has 0 spiro atoms. The van der Waals surface area contributed by atoms with Crippen LogP contribution < -0.4 is 22.3 Å². The molecule has 102 valence electrons. The highest BCUT2D eigenvalue weighted by Gasteiger charge is 2.28. The van der Waals surface area contributed by atoms with Gasteiger partial charge in [0.05, 0.1) is 5.92 Å². The average molecular weight is 288 g/mol. The number of primary amides is 2. The van der Waals surface area contributed by atoms with Crippen LogP contribution in [0.25, 0.3) is 10.1 Å². The molecular weight excluding hydrogens is 276 g/mol. The van der Waals surface area contributed by atoms with E-state index in [1.807, 2.05) is 0 Å². The first-order valence-electron chi connectivity index (χ1n) is 5.87. The van der Waals surface area contributed by atoms with Crippen LogP contribution in [0.4, 0.5) is 5.00 Å². The number of hydrogen-bond donors (Lipinski definition) is 3. The van der Waals surface area contributed by atoms with Crippen molar-refractivity contribution in [2.45, 2.75) is 5.92 Å². The van der Waals surface area contributed by atoms with E-state index in [4.69, 9.17) is 17.3 Å². The number of thiophene rings is 1. The minimum atomic E-state index is -0.516. The number of rotatable bonds is 2. The molecule has 20 heavy (non-hydrogen) atoms. The lowest BCUT2D eigenvalue weighted by Gasteiger charge is -2.22. The monoisotopic (exact) mass is 288 g/mol. The highest BCUT2D eigenvalue weighted by Crippen LogP contribution is 2.44. The van der Waals surface area contributed by atoms with Crippen molar-refractivity contribution in [3.05, 3.63) is 41.6 Å². The fourth-order valence-corrected chi connectivity index (χ4v) is 3.52. The molecule has 7 heteroatoms. The lowest BCUT2D eigenvalue weighted by atomic mass is 9.94. The Labute approximate surface area is 118 Å². The summed E-state index contributed by atoms with van der Waals surface area (Å²) in [5.41, 5.74) is 11.9. The van der Waals surface area contributed by atoms with Gasteiger partial charge in [0.1, 0.15) is 5.00 Å². The molecule has 0 saturated carbocycles. The van der Waals surface area contributed by atoms with E-state index in [0.717, 1.165) is 20.7 Å². The van der Waals surface area contributed by atoms with Crippen molar-refractivity contribution in [2.24, 2.45) is 17.3 Å². The van der Waals surface area contributed by atoms with Crippen molar-refractivity contribution < 1.29 is 9.59 Å². The Kier molecular flexibility index (Phi) is 2.73. The number of nitrogens with zero attached hydrogens (tertiary/aromatic N) is 1. The first-order chi connectivity index (χ1) is 9.49. The van der Waals surface area contributed by atoms with E-state index in [1.165, 1.54) is 16.3 Å². The number of hydrazine groups is 1. The molecule has 1 atom stereocenters. The topological polar surface area (TPSA) is 115 Å². The predicted molar refractivity (Wildman–Crippen MR) is 78.1 cm³/mol. The molecule has 2 heterocycles. The minimum absolute atomic E-state index is 0.420. The van der Waals surface area contributed by atoms with Crippen molar-refractivity contribution >= 4 is 38.2 Å². The van der Waals surface area contributed by atoms with E-state index >= 15 is 0 Å². The van der Waals surface area contributed by atoms with Crippen LogP contribution in [0.3, 0.4) is 0 Å². The third-order valence-electron chi connectivity index (χ3n) is 3.28. The normalized spacial score (nSPS) is 17.2. The third-order valence-corrected chi connectivity index (χ3v) is 4.47. The molecule has 0 bridgehead atoms. The summed E-state index contributed by atoms with van der Waals surface area (Å²) in [4.78, 5) is 22.8. The van der Waals surface area contributed by atoms with Gasteiger partial charge in [-0.05, 0) is 23.6 Å². The summed E-state index contributed by atoms with van der Waals surface area (Å²) < 4.78 is 0.844. The van der Waals surface area contributed by atoms with E-state index < -0.39 is 17.7 Å². The summed E-state index contributed by atoms with van der Waals surface area (Å²) >= 11 is 1.39. The zero-order valence-corrected chi connectivity index (χ0v) is 11.2. The largest absolute Gasteiger partial charge is 0.369 e. The van der Waals surface area contributed by atoms with Crippen molar-refractivity contribution in [1.29, 1.82) is 0 Å². The van der Waals surface area contributed by atoms with Gasteiger partial charge in [-0.2, -0.15) is 0 Å². The summed E-state index contributed by atoms with van der Waals surface area (Å²) in [6.07, 6.45) is 3.28. The van der Waals surface area contributed by atoms with E-state index in [2.05, 4.69) is 0 Å². The second-order valence-corrected chi connectivity index (χ2v) is 5.56. The standard InChI is InChI=1S/C13H12N4O2S/c14-11(18)6-1-2-7-9(5-6)20-13-10(7)8(12(15)19)3-4-17(13)16/h1-5,8H,16H2,(H2,14,18)(H2,15,19). The van der Waals surface area contributed by atoms with Gasteiger partial charge < -0.3 is 11.5 Å². The molecule has 6 N–H and O–H groups in total. The molecular formula is C13H12N4O2S. The molecule has 2 aromatic rings. The van der Waals surface area contributed by atoms with Crippen molar-refractivity contribution in [2.75, 3.05) is 5.01 Å². The minimum Gasteiger partial charge on any atom is -0.369 e. The third kappa shape index (κ3) is 1.75. The first kappa shape index (κ1) is 12.6. The van der Waals surface area contributed by atoms with E-state index in [0.29, 0.717) is 5.56 Å². The average Bonchev–Trinajstić information content (AvgIpc) is 2.78. The lowest BCUT2D eigenvalue weighted by molar-refractivity contribution is -0.118. The molecule has 6 nitrogen and oxygen atoms in total. The van der Waals surface area contributed by atoms with E-state index in [9.17, 15) is 9.59 Å².